The Morgan fingerprint density at radius 3 is 2.38 bits per heavy atom. The number of aliphatic hydroxyl groups is 1. The molecule has 2 unspecified atom stereocenters. The zero-order chi connectivity index (χ0) is 16.8. The molecule has 0 saturated carbocycles. The molecule has 0 spiro atoms. The molecule has 0 aliphatic carbocycles. The fourth-order valence-corrected chi connectivity index (χ4v) is 2.69. The molecule has 0 bridgehead atoms. The summed E-state index contributed by atoms with van der Waals surface area (Å²) in [7, 11) is 0. The van der Waals surface area contributed by atoms with E-state index in [1.165, 1.54) is 0 Å². The lowest BCUT2D eigenvalue weighted by Crippen LogP contribution is -2.35. The highest BCUT2D eigenvalue weighted by atomic mass is 16.5. The maximum absolute atomic E-state index is 12.1. The van der Waals surface area contributed by atoms with Crippen molar-refractivity contribution >= 4 is 11.6 Å². The van der Waals surface area contributed by atoms with E-state index in [9.17, 15) is 9.90 Å². The summed E-state index contributed by atoms with van der Waals surface area (Å²) in [6.45, 7) is 1.57. The van der Waals surface area contributed by atoms with Gasteiger partial charge in [-0.05, 0) is 29.7 Å². The highest BCUT2D eigenvalue weighted by Crippen LogP contribution is 2.14. The molecule has 3 rings (SSSR count). The molecule has 1 saturated heterocycles. The van der Waals surface area contributed by atoms with E-state index >= 15 is 0 Å². The van der Waals surface area contributed by atoms with E-state index in [2.05, 4.69) is 10.6 Å². The second kappa shape index (κ2) is 8.06. The maximum atomic E-state index is 12.1. The number of benzene rings is 2. The third-order valence-electron chi connectivity index (χ3n) is 4.03. The van der Waals surface area contributed by atoms with Crippen LogP contribution in [0.15, 0.2) is 54.6 Å². The highest BCUT2D eigenvalue weighted by Gasteiger charge is 2.27. The number of nitrogens with one attached hydrogen (secondary N) is 2. The third kappa shape index (κ3) is 4.64. The van der Waals surface area contributed by atoms with Crippen molar-refractivity contribution in [2.45, 2.75) is 31.8 Å². The van der Waals surface area contributed by atoms with Gasteiger partial charge in [0.15, 0.2) is 0 Å². The number of rotatable bonds is 6. The first-order valence-corrected chi connectivity index (χ1v) is 8.13. The minimum Gasteiger partial charge on any atom is -0.392 e. The molecule has 5 heteroatoms. The number of ether oxygens (including phenoxy) is 1. The molecule has 2 atom stereocenters. The van der Waals surface area contributed by atoms with E-state index in [4.69, 9.17) is 4.74 Å². The maximum Gasteiger partial charge on any atom is 0.241 e. The number of aliphatic hydroxyl groups excluding tert-OH is 1. The molecule has 126 valence electrons. The largest absolute Gasteiger partial charge is 0.392 e. The van der Waals surface area contributed by atoms with Gasteiger partial charge in [0.1, 0.15) is 0 Å². The van der Waals surface area contributed by atoms with Crippen molar-refractivity contribution in [1.29, 1.82) is 0 Å². The monoisotopic (exact) mass is 326 g/mol. The van der Waals surface area contributed by atoms with Crippen LogP contribution in [0.5, 0.6) is 0 Å². The molecule has 0 radical (unpaired) electrons. The van der Waals surface area contributed by atoms with Gasteiger partial charge in [0.05, 0.1) is 25.4 Å². The first kappa shape index (κ1) is 16.6. The molecule has 0 aromatic heterocycles. The van der Waals surface area contributed by atoms with Crippen LogP contribution in [-0.2, 0) is 22.7 Å². The summed E-state index contributed by atoms with van der Waals surface area (Å²) < 4.78 is 5.69. The summed E-state index contributed by atoms with van der Waals surface area (Å²) in [5, 5.41) is 15.3. The number of carbonyl (C=O) groups is 1. The highest BCUT2D eigenvalue weighted by molar-refractivity contribution is 5.95. The summed E-state index contributed by atoms with van der Waals surface area (Å²) in [5.41, 5.74) is 2.95. The van der Waals surface area contributed by atoms with Gasteiger partial charge in [-0.2, -0.15) is 0 Å². The van der Waals surface area contributed by atoms with Gasteiger partial charge in [0.25, 0.3) is 0 Å². The smallest absolute Gasteiger partial charge is 0.241 e. The lowest BCUT2D eigenvalue weighted by Gasteiger charge is -2.11. The molecule has 1 heterocycles. The Kier molecular flexibility index (Phi) is 5.59. The Morgan fingerprint density at radius 1 is 1.08 bits per heavy atom. The molecule has 1 aliphatic rings. The van der Waals surface area contributed by atoms with Crippen molar-refractivity contribution in [3.63, 3.8) is 0 Å². The minimum absolute atomic E-state index is 0.111. The molecule has 2 aromatic rings. The van der Waals surface area contributed by atoms with Crippen LogP contribution < -0.4 is 10.6 Å². The van der Waals surface area contributed by atoms with Crippen LogP contribution in [0, 0.1) is 0 Å². The van der Waals surface area contributed by atoms with Crippen molar-refractivity contribution in [3.8, 4) is 0 Å². The number of amides is 1. The molecule has 3 N–H and O–H groups in total. The first-order valence-electron chi connectivity index (χ1n) is 8.13. The molecule has 2 aromatic carbocycles. The molecular weight excluding hydrogens is 304 g/mol. The van der Waals surface area contributed by atoms with E-state index in [1.54, 1.807) is 0 Å². The number of anilines is 1. The van der Waals surface area contributed by atoms with Gasteiger partial charge in [-0.15, -0.1) is 0 Å². The number of hydrogen-bond acceptors (Lipinski definition) is 4. The van der Waals surface area contributed by atoms with Gasteiger partial charge in [0.2, 0.25) is 5.91 Å². The van der Waals surface area contributed by atoms with Gasteiger partial charge >= 0.3 is 0 Å². The number of β-amino-alcohol motifs (C(OH)–C–C–N with tert-alkyl or cyclic N) is 1. The van der Waals surface area contributed by atoms with Gasteiger partial charge in [-0.1, -0.05) is 42.5 Å². The SMILES string of the molecule is O=C(Nc1ccc(COCc2ccccc2)cc1)C1CC(O)CN1. The van der Waals surface area contributed by atoms with Crippen molar-refractivity contribution in [3.05, 3.63) is 65.7 Å². The van der Waals surface area contributed by atoms with Crippen LogP contribution in [0.1, 0.15) is 17.5 Å². The lowest BCUT2D eigenvalue weighted by atomic mass is 10.1. The Morgan fingerprint density at radius 2 is 1.75 bits per heavy atom. The van der Waals surface area contributed by atoms with Gasteiger partial charge in [-0.25, -0.2) is 0 Å². The predicted molar refractivity (Wildman–Crippen MR) is 92.4 cm³/mol. The molecular formula is C19H22N2O3. The van der Waals surface area contributed by atoms with Crippen molar-refractivity contribution < 1.29 is 14.6 Å². The Labute approximate surface area is 141 Å². The zero-order valence-corrected chi connectivity index (χ0v) is 13.4. The summed E-state index contributed by atoms with van der Waals surface area (Å²) in [6.07, 6.45) is 0.0157. The zero-order valence-electron chi connectivity index (χ0n) is 13.4. The van der Waals surface area contributed by atoms with E-state index in [-0.39, 0.29) is 11.9 Å². The summed E-state index contributed by atoms with van der Waals surface area (Å²) in [6, 6.07) is 17.3. The van der Waals surface area contributed by atoms with Crippen LogP contribution in [0.4, 0.5) is 5.69 Å². The quantitative estimate of drug-likeness (QED) is 0.760. The summed E-state index contributed by atoms with van der Waals surface area (Å²) in [4.78, 5) is 12.1. The average molecular weight is 326 g/mol. The Hall–Kier alpha value is -2.21. The number of hydrogen-bond donors (Lipinski definition) is 3. The molecule has 1 amide bonds. The molecule has 1 aliphatic heterocycles. The summed E-state index contributed by atoms with van der Waals surface area (Å²) >= 11 is 0. The topological polar surface area (TPSA) is 70.6 Å². The van der Waals surface area contributed by atoms with Gasteiger partial charge in [-0.3, -0.25) is 4.79 Å². The van der Waals surface area contributed by atoms with Crippen LogP contribution in [0.3, 0.4) is 0 Å². The fourth-order valence-electron chi connectivity index (χ4n) is 2.69. The van der Waals surface area contributed by atoms with Crippen molar-refractivity contribution in [1.82, 2.24) is 5.32 Å². The van der Waals surface area contributed by atoms with Crippen molar-refractivity contribution in [2.24, 2.45) is 0 Å². The third-order valence-corrected chi connectivity index (χ3v) is 4.03. The van der Waals surface area contributed by atoms with Crippen LogP contribution in [-0.4, -0.2) is 29.7 Å². The molecule has 24 heavy (non-hydrogen) atoms. The molecule has 1 fully saturated rings. The second-order valence-corrected chi connectivity index (χ2v) is 6.01. The van der Waals surface area contributed by atoms with Gasteiger partial charge < -0.3 is 20.5 Å². The minimum atomic E-state index is -0.440. The lowest BCUT2D eigenvalue weighted by molar-refractivity contribution is -0.117. The first-order chi connectivity index (χ1) is 11.7. The summed E-state index contributed by atoms with van der Waals surface area (Å²) in [5.74, 6) is -0.111. The van der Waals surface area contributed by atoms with E-state index in [0.29, 0.717) is 26.2 Å². The van der Waals surface area contributed by atoms with Crippen LogP contribution >= 0.6 is 0 Å². The average Bonchev–Trinajstić information content (AvgIpc) is 3.04. The molecule has 5 nitrogen and oxygen atoms in total. The number of carbonyl (C=O) groups excluding carboxylic acids is 1. The van der Waals surface area contributed by atoms with Crippen LogP contribution in [0.2, 0.25) is 0 Å². The Balaban J connectivity index is 1.45. The Bertz CT molecular complexity index is 658. The predicted octanol–water partition coefficient (Wildman–Crippen LogP) is 2.06. The van der Waals surface area contributed by atoms with Crippen LogP contribution in [0.25, 0.3) is 0 Å². The van der Waals surface area contributed by atoms with E-state index in [0.717, 1.165) is 16.8 Å². The fraction of sp³-hybridized carbons (Fsp3) is 0.316. The van der Waals surface area contributed by atoms with Crippen molar-refractivity contribution in [2.75, 3.05) is 11.9 Å². The van der Waals surface area contributed by atoms with E-state index in [1.807, 2.05) is 54.6 Å². The van der Waals surface area contributed by atoms with Gasteiger partial charge in [0, 0.05) is 12.2 Å². The normalized spacial score (nSPS) is 20.0. The van der Waals surface area contributed by atoms with E-state index < -0.39 is 6.10 Å². The standard InChI is InChI=1S/C19H22N2O3/c22-17-10-18(20-11-17)19(23)21-16-8-6-15(7-9-16)13-24-12-14-4-2-1-3-5-14/h1-9,17-18,20,22H,10-13H2,(H,21,23). The second-order valence-electron chi connectivity index (χ2n) is 6.01.